The van der Waals surface area contributed by atoms with Crippen molar-refractivity contribution in [2.75, 3.05) is 0 Å². The van der Waals surface area contributed by atoms with Crippen molar-refractivity contribution >= 4 is 35.0 Å². The average Bonchev–Trinajstić information content (AvgIpc) is 2.44. The highest BCUT2D eigenvalue weighted by molar-refractivity contribution is 6.34. The first-order valence-electron chi connectivity index (χ1n) is 6.99. The number of hydrogen-bond acceptors (Lipinski definition) is 3. The van der Waals surface area contributed by atoms with E-state index in [1.165, 1.54) is 18.2 Å². The highest BCUT2D eigenvalue weighted by Gasteiger charge is 2.23. The summed E-state index contributed by atoms with van der Waals surface area (Å²) in [6, 6.07) is 3.65. The molecule has 122 valence electrons. The van der Waals surface area contributed by atoms with Crippen LogP contribution in [0, 0.1) is 0 Å². The van der Waals surface area contributed by atoms with E-state index in [2.05, 4.69) is 10.6 Å². The highest BCUT2D eigenvalue weighted by Crippen LogP contribution is 2.23. The van der Waals surface area contributed by atoms with Gasteiger partial charge in [-0.25, -0.2) is 0 Å². The molecule has 0 aliphatic carbocycles. The second-order valence-corrected chi connectivity index (χ2v) is 6.03. The van der Waals surface area contributed by atoms with E-state index in [9.17, 15) is 14.7 Å². The van der Waals surface area contributed by atoms with Gasteiger partial charge >= 0.3 is 0 Å². The molecule has 3 atom stereocenters. The van der Waals surface area contributed by atoms with Gasteiger partial charge in [0.15, 0.2) is 6.10 Å². The fraction of sp³-hybridized carbons (Fsp3) is 0.467. The van der Waals surface area contributed by atoms with Crippen LogP contribution in [-0.2, 0) is 9.59 Å². The van der Waals surface area contributed by atoms with E-state index >= 15 is 0 Å². The van der Waals surface area contributed by atoms with Crippen LogP contribution in [0.4, 0.5) is 0 Å². The molecule has 0 aliphatic rings. The van der Waals surface area contributed by atoms with Crippen LogP contribution in [0.5, 0.6) is 0 Å². The molecular weight excluding hydrogens is 327 g/mol. The van der Waals surface area contributed by atoms with Gasteiger partial charge in [-0.15, -0.1) is 0 Å². The molecule has 22 heavy (non-hydrogen) atoms. The third-order valence-electron chi connectivity index (χ3n) is 3.20. The van der Waals surface area contributed by atoms with Crippen molar-refractivity contribution < 1.29 is 14.7 Å². The fourth-order valence-corrected chi connectivity index (χ4v) is 2.26. The van der Waals surface area contributed by atoms with E-state index < -0.39 is 18.1 Å². The summed E-state index contributed by atoms with van der Waals surface area (Å²) in [4.78, 5) is 23.9. The quantitative estimate of drug-likeness (QED) is 0.740. The number of aliphatic hydroxyl groups is 1. The molecule has 0 saturated carbocycles. The van der Waals surface area contributed by atoms with Gasteiger partial charge in [0.05, 0.1) is 0 Å². The molecule has 0 heterocycles. The number of aliphatic hydroxyl groups excluding tert-OH is 1. The van der Waals surface area contributed by atoms with Gasteiger partial charge in [-0.1, -0.05) is 30.1 Å². The van der Waals surface area contributed by atoms with Crippen molar-refractivity contribution in [2.45, 2.75) is 45.4 Å². The minimum Gasteiger partial charge on any atom is -0.378 e. The summed E-state index contributed by atoms with van der Waals surface area (Å²) in [6.45, 7) is 5.36. The molecule has 0 radical (unpaired) electrons. The van der Waals surface area contributed by atoms with Gasteiger partial charge < -0.3 is 15.7 Å². The van der Waals surface area contributed by atoms with E-state index in [1.54, 1.807) is 6.92 Å². The van der Waals surface area contributed by atoms with Gasteiger partial charge in [0.1, 0.15) is 6.04 Å². The molecule has 3 unspecified atom stereocenters. The Hall–Kier alpha value is -1.30. The van der Waals surface area contributed by atoms with Gasteiger partial charge in [0.2, 0.25) is 5.91 Å². The number of rotatable bonds is 6. The Morgan fingerprint density at radius 3 is 2.14 bits per heavy atom. The standard InChI is InChI=1S/C15H20Cl2N2O3/c1-4-8(2)18-14(21)9(3)19-15(22)13(20)10-5-11(16)7-12(17)6-10/h5-9,13,20H,4H2,1-3H3,(H,18,21)(H,19,22). The number of benzene rings is 1. The summed E-state index contributed by atoms with van der Waals surface area (Å²) in [5.74, 6) is -0.996. The molecule has 1 aromatic rings. The Bertz CT molecular complexity index is 531. The molecular formula is C15H20Cl2N2O3. The summed E-state index contributed by atoms with van der Waals surface area (Å²) in [5, 5.41) is 15.9. The number of nitrogens with one attached hydrogen (secondary N) is 2. The van der Waals surface area contributed by atoms with Crippen LogP contribution in [0.3, 0.4) is 0 Å². The SMILES string of the molecule is CCC(C)NC(=O)C(C)NC(=O)C(O)c1cc(Cl)cc(Cl)c1. The molecule has 0 fully saturated rings. The van der Waals surface area contributed by atoms with Crippen molar-refractivity contribution in [3.8, 4) is 0 Å². The largest absolute Gasteiger partial charge is 0.378 e. The summed E-state index contributed by atoms with van der Waals surface area (Å²) < 4.78 is 0. The van der Waals surface area contributed by atoms with E-state index in [1.807, 2.05) is 13.8 Å². The number of carbonyl (C=O) groups is 2. The van der Waals surface area contributed by atoms with Crippen LogP contribution < -0.4 is 10.6 Å². The molecule has 1 aromatic carbocycles. The first-order valence-corrected chi connectivity index (χ1v) is 7.75. The average molecular weight is 347 g/mol. The Morgan fingerprint density at radius 1 is 1.09 bits per heavy atom. The third-order valence-corrected chi connectivity index (χ3v) is 3.64. The number of carbonyl (C=O) groups excluding carboxylic acids is 2. The maximum absolute atomic E-state index is 12.0. The minimum absolute atomic E-state index is 0.0171. The lowest BCUT2D eigenvalue weighted by molar-refractivity contribution is -0.134. The molecule has 3 N–H and O–H groups in total. The zero-order valence-corrected chi connectivity index (χ0v) is 14.2. The second-order valence-electron chi connectivity index (χ2n) is 5.15. The second kappa shape index (κ2) is 8.36. The molecule has 5 nitrogen and oxygen atoms in total. The first kappa shape index (κ1) is 18.7. The number of hydrogen-bond donors (Lipinski definition) is 3. The van der Waals surface area contributed by atoms with Gasteiger partial charge in [-0.3, -0.25) is 9.59 Å². The Labute approximate surface area is 140 Å². The van der Waals surface area contributed by atoms with Crippen LogP contribution in [0.15, 0.2) is 18.2 Å². The molecule has 0 spiro atoms. The lowest BCUT2D eigenvalue weighted by Crippen LogP contribution is -2.48. The predicted octanol–water partition coefficient (Wildman–Crippen LogP) is 2.45. The molecule has 0 bridgehead atoms. The predicted molar refractivity (Wildman–Crippen MR) is 86.9 cm³/mol. The molecule has 7 heteroatoms. The van der Waals surface area contributed by atoms with Crippen molar-refractivity contribution in [1.29, 1.82) is 0 Å². The Kier molecular flexibility index (Phi) is 7.13. The normalized spacial score (nSPS) is 14.8. The fourth-order valence-electron chi connectivity index (χ4n) is 1.71. The van der Waals surface area contributed by atoms with Crippen molar-refractivity contribution in [1.82, 2.24) is 10.6 Å². The summed E-state index contributed by atoms with van der Waals surface area (Å²) in [5.41, 5.74) is 0.268. The van der Waals surface area contributed by atoms with Crippen LogP contribution in [0.1, 0.15) is 38.9 Å². The third kappa shape index (κ3) is 5.48. The van der Waals surface area contributed by atoms with Gasteiger partial charge in [-0.05, 0) is 44.0 Å². The lowest BCUT2D eigenvalue weighted by Gasteiger charge is -2.19. The van der Waals surface area contributed by atoms with E-state index in [0.29, 0.717) is 10.0 Å². The summed E-state index contributed by atoms with van der Waals surface area (Å²) in [7, 11) is 0. The van der Waals surface area contributed by atoms with Crippen molar-refractivity contribution in [3.05, 3.63) is 33.8 Å². The first-order chi connectivity index (χ1) is 10.2. The summed E-state index contributed by atoms with van der Waals surface area (Å²) in [6.07, 6.45) is -0.661. The van der Waals surface area contributed by atoms with Crippen molar-refractivity contribution in [2.24, 2.45) is 0 Å². The maximum Gasteiger partial charge on any atom is 0.254 e. The molecule has 0 saturated heterocycles. The minimum atomic E-state index is -1.45. The molecule has 0 aromatic heterocycles. The highest BCUT2D eigenvalue weighted by atomic mass is 35.5. The van der Waals surface area contributed by atoms with Gasteiger partial charge in [0.25, 0.3) is 5.91 Å². The molecule has 1 rings (SSSR count). The maximum atomic E-state index is 12.0. The molecule has 2 amide bonds. The zero-order valence-electron chi connectivity index (χ0n) is 12.7. The van der Waals surface area contributed by atoms with E-state index in [4.69, 9.17) is 23.2 Å². The van der Waals surface area contributed by atoms with Crippen LogP contribution in [0.25, 0.3) is 0 Å². The van der Waals surface area contributed by atoms with E-state index in [0.717, 1.165) is 6.42 Å². The monoisotopic (exact) mass is 346 g/mol. The van der Waals surface area contributed by atoms with Crippen molar-refractivity contribution in [3.63, 3.8) is 0 Å². The van der Waals surface area contributed by atoms with E-state index in [-0.39, 0.29) is 17.5 Å². The zero-order chi connectivity index (χ0) is 16.9. The smallest absolute Gasteiger partial charge is 0.254 e. The topological polar surface area (TPSA) is 78.4 Å². The lowest BCUT2D eigenvalue weighted by atomic mass is 10.1. The molecule has 0 aliphatic heterocycles. The number of amides is 2. The Balaban J connectivity index is 2.69. The summed E-state index contributed by atoms with van der Waals surface area (Å²) >= 11 is 11.7. The van der Waals surface area contributed by atoms with Gasteiger partial charge in [-0.2, -0.15) is 0 Å². The number of halogens is 2. The van der Waals surface area contributed by atoms with Gasteiger partial charge in [0, 0.05) is 16.1 Å². The Morgan fingerprint density at radius 2 is 1.64 bits per heavy atom. The van der Waals surface area contributed by atoms with Crippen LogP contribution in [0.2, 0.25) is 10.0 Å². The van der Waals surface area contributed by atoms with Crippen LogP contribution in [-0.4, -0.2) is 29.0 Å². The van der Waals surface area contributed by atoms with Crippen LogP contribution >= 0.6 is 23.2 Å².